The Bertz CT molecular complexity index is 924. The van der Waals surface area contributed by atoms with Crippen molar-refractivity contribution in [3.8, 4) is 5.75 Å². The second-order valence-corrected chi connectivity index (χ2v) is 7.04. The van der Waals surface area contributed by atoms with E-state index in [1.807, 2.05) is 48.5 Å². The van der Waals surface area contributed by atoms with Gasteiger partial charge in [-0.1, -0.05) is 39.7 Å². The van der Waals surface area contributed by atoms with Crippen molar-refractivity contribution in [2.24, 2.45) is 5.10 Å². The van der Waals surface area contributed by atoms with Crippen LogP contribution in [-0.2, 0) is 6.61 Å². The molecule has 1 N–H and O–H groups in total. The first-order chi connectivity index (χ1) is 13.1. The summed E-state index contributed by atoms with van der Waals surface area (Å²) in [5.41, 5.74) is 4.92. The Morgan fingerprint density at radius 2 is 1.67 bits per heavy atom. The topological polar surface area (TPSA) is 50.7 Å². The average Bonchev–Trinajstić information content (AvgIpc) is 2.69. The van der Waals surface area contributed by atoms with E-state index in [-0.39, 0.29) is 5.91 Å². The van der Waals surface area contributed by atoms with E-state index in [1.54, 1.807) is 30.5 Å². The van der Waals surface area contributed by atoms with E-state index in [1.165, 1.54) is 0 Å². The van der Waals surface area contributed by atoms with E-state index in [0.29, 0.717) is 17.2 Å². The highest BCUT2D eigenvalue weighted by molar-refractivity contribution is 9.10. The molecule has 0 spiro atoms. The number of hydrogen-bond donors (Lipinski definition) is 1. The number of hydrogen-bond acceptors (Lipinski definition) is 3. The Hall–Kier alpha value is -2.63. The maximum Gasteiger partial charge on any atom is 0.271 e. The predicted octanol–water partition coefficient (Wildman–Crippen LogP) is 5.45. The molecule has 0 aromatic heterocycles. The largest absolute Gasteiger partial charge is 0.489 e. The molecule has 4 nitrogen and oxygen atoms in total. The van der Waals surface area contributed by atoms with Crippen molar-refractivity contribution in [3.05, 3.63) is 99.0 Å². The molecular formula is C21H16BrClN2O2. The van der Waals surface area contributed by atoms with Gasteiger partial charge in [-0.2, -0.15) is 5.10 Å². The number of amides is 1. The highest BCUT2D eigenvalue weighted by Gasteiger charge is 2.03. The van der Waals surface area contributed by atoms with Crippen LogP contribution in [0.3, 0.4) is 0 Å². The summed E-state index contributed by atoms with van der Waals surface area (Å²) in [5, 5.41) is 4.55. The number of hydrazone groups is 1. The normalized spacial score (nSPS) is 10.7. The molecule has 27 heavy (non-hydrogen) atoms. The third kappa shape index (κ3) is 5.94. The lowest BCUT2D eigenvalue weighted by atomic mass is 10.2. The van der Waals surface area contributed by atoms with Gasteiger partial charge in [0.05, 0.1) is 6.21 Å². The Kier molecular flexibility index (Phi) is 6.63. The van der Waals surface area contributed by atoms with Crippen molar-refractivity contribution < 1.29 is 9.53 Å². The van der Waals surface area contributed by atoms with Gasteiger partial charge in [0.25, 0.3) is 5.91 Å². The minimum atomic E-state index is -0.294. The fourth-order valence-corrected chi connectivity index (χ4v) is 2.62. The fourth-order valence-electron chi connectivity index (χ4n) is 2.23. The molecule has 0 saturated carbocycles. The molecule has 0 aliphatic rings. The van der Waals surface area contributed by atoms with Crippen LogP contribution in [0, 0.1) is 0 Å². The minimum absolute atomic E-state index is 0.294. The third-order valence-electron chi connectivity index (χ3n) is 3.68. The Morgan fingerprint density at radius 1 is 1.00 bits per heavy atom. The van der Waals surface area contributed by atoms with Crippen LogP contribution in [0.1, 0.15) is 21.5 Å². The van der Waals surface area contributed by atoms with Gasteiger partial charge < -0.3 is 4.74 Å². The molecule has 0 aliphatic heterocycles. The van der Waals surface area contributed by atoms with Gasteiger partial charge >= 0.3 is 0 Å². The molecule has 0 radical (unpaired) electrons. The van der Waals surface area contributed by atoms with Crippen LogP contribution in [0.2, 0.25) is 5.02 Å². The average molecular weight is 444 g/mol. The number of nitrogens with one attached hydrogen (secondary N) is 1. The van der Waals surface area contributed by atoms with Crippen LogP contribution in [0.15, 0.2) is 82.4 Å². The molecule has 136 valence electrons. The monoisotopic (exact) mass is 442 g/mol. The first kappa shape index (κ1) is 19.1. The Morgan fingerprint density at radius 3 is 2.33 bits per heavy atom. The lowest BCUT2D eigenvalue weighted by Gasteiger charge is -2.06. The van der Waals surface area contributed by atoms with Crippen molar-refractivity contribution in [1.82, 2.24) is 5.43 Å². The number of carbonyl (C=O) groups excluding carboxylic acids is 1. The van der Waals surface area contributed by atoms with Gasteiger partial charge in [0.15, 0.2) is 0 Å². The predicted molar refractivity (Wildman–Crippen MR) is 111 cm³/mol. The van der Waals surface area contributed by atoms with Crippen molar-refractivity contribution in [2.75, 3.05) is 0 Å². The van der Waals surface area contributed by atoms with E-state index in [4.69, 9.17) is 16.3 Å². The summed E-state index contributed by atoms with van der Waals surface area (Å²) in [5.74, 6) is 0.470. The summed E-state index contributed by atoms with van der Waals surface area (Å²) in [7, 11) is 0. The zero-order valence-electron chi connectivity index (χ0n) is 14.2. The van der Waals surface area contributed by atoms with Crippen molar-refractivity contribution in [1.29, 1.82) is 0 Å². The van der Waals surface area contributed by atoms with Crippen molar-refractivity contribution in [2.45, 2.75) is 6.61 Å². The Balaban J connectivity index is 1.50. The zero-order valence-corrected chi connectivity index (χ0v) is 16.6. The summed E-state index contributed by atoms with van der Waals surface area (Å²) in [6, 6.07) is 22.1. The van der Waals surface area contributed by atoms with E-state index >= 15 is 0 Å². The number of rotatable bonds is 6. The summed E-state index contributed by atoms with van der Waals surface area (Å²) >= 11 is 9.21. The third-order valence-corrected chi connectivity index (χ3v) is 4.47. The van der Waals surface area contributed by atoms with Crippen LogP contribution in [0.25, 0.3) is 0 Å². The van der Waals surface area contributed by atoms with Gasteiger partial charge in [0.1, 0.15) is 12.4 Å². The maximum atomic E-state index is 12.0. The standard InChI is InChI=1S/C21H16BrClN2O2/c22-18-7-1-16(2-8-18)14-27-20-11-3-15(4-12-20)13-24-25-21(26)17-5-9-19(23)10-6-17/h1-13H,14H2,(H,25,26). The van der Waals surface area contributed by atoms with Crippen molar-refractivity contribution >= 4 is 39.7 Å². The fraction of sp³-hybridized carbons (Fsp3) is 0.0476. The molecule has 0 unspecified atom stereocenters. The second kappa shape index (κ2) is 9.35. The van der Waals surface area contributed by atoms with Crippen LogP contribution >= 0.6 is 27.5 Å². The van der Waals surface area contributed by atoms with Gasteiger partial charge in [-0.3, -0.25) is 4.79 Å². The number of nitrogens with zero attached hydrogens (tertiary/aromatic N) is 1. The highest BCUT2D eigenvalue weighted by atomic mass is 79.9. The number of ether oxygens (including phenoxy) is 1. The van der Waals surface area contributed by atoms with E-state index in [0.717, 1.165) is 21.3 Å². The van der Waals surface area contributed by atoms with Gasteiger partial charge in [0, 0.05) is 15.1 Å². The van der Waals surface area contributed by atoms with Crippen LogP contribution in [0.4, 0.5) is 0 Å². The number of benzene rings is 3. The molecule has 0 heterocycles. The molecule has 3 rings (SSSR count). The molecule has 3 aromatic rings. The maximum absolute atomic E-state index is 12.0. The smallest absolute Gasteiger partial charge is 0.271 e. The van der Waals surface area contributed by atoms with E-state index < -0.39 is 0 Å². The molecular weight excluding hydrogens is 428 g/mol. The van der Waals surface area contributed by atoms with Crippen LogP contribution in [0.5, 0.6) is 5.75 Å². The van der Waals surface area contributed by atoms with Crippen LogP contribution in [-0.4, -0.2) is 12.1 Å². The zero-order chi connectivity index (χ0) is 19.1. The quantitative estimate of drug-likeness (QED) is 0.407. The first-order valence-electron chi connectivity index (χ1n) is 8.16. The van der Waals surface area contributed by atoms with Crippen molar-refractivity contribution in [3.63, 3.8) is 0 Å². The summed E-state index contributed by atoms with van der Waals surface area (Å²) in [6.07, 6.45) is 1.58. The van der Waals surface area contributed by atoms with Crippen LogP contribution < -0.4 is 10.2 Å². The molecule has 3 aromatic carbocycles. The lowest BCUT2D eigenvalue weighted by molar-refractivity contribution is 0.0955. The number of halogens is 2. The molecule has 0 saturated heterocycles. The minimum Gasteiger partial charge on any atom is -0.489 e. The van der Waals surface area contributed by atoms with Gasteiger partial charge in [-0.05, 0) is 71.8 Å². The van der Waals surface area contributed by atoms with Gasteiger partial charge in [-0.25, -0.2) is 5.43 Å². The Labute approximate surface area is 171 Å². The molecule has 1 amide bonds. The van der Waals surface area contributed by atoms with Gasteiger partial charge in [-0.15, -0.1) is 0 Å². The second-order valence-electron chi connectivity index (χ2n) is 5.69. The first-order valence-corrected chi connectivity index (χ1v) is 9.33. The summed E-state index contributed by atoms with van der Waals surface area (Å²) in [4.78, 5) is 12.0. The molecule has 0 bridgehead atoms. The van der Waals surface area contributed by atoms with E-state index in [9.17, 15) is 4.79 Å². The van der Waals surface area contributed by atoms with E-state index in [2.05, 4.69) is 26.5 Å². The molecule has 0 fully saturated rings. The molecule has 6 heteroatoms. The summed E-state index contributed by atoms with van der Waals surface area (Å²) in [6.45, 7) is 0.498. The molecule has 0 atom stereocenters. The lowest BCUT2D eigenvalue weighted by Crippen LogP contribution is -2.17. The summed E-state index contributed by atoms with van der Waals surface area (Å²) < 4.78 is 6.80. The van der Waals surface area contributed by atoms with Gasteiger partial charge in [0.2, 0.25) is 0 Å². The highest BCUT2D eigenvalue weighted by Crippen LogP contribution is 2.15. The molecule has 0 aliphatic carbocycles. The number of carbonyl (C=O) groups is 1. The SMILES string of the molecule is O=C(NN=Cc1ccc(OCc2ccc(Br)cc2)cc1)c1ccc(Cl)cc1.